The van der Waals surface area contributed by atoms with Crippen molar-refractivity contribution in [2.24, 2.45) is 0 Å². The highest BCUT2D eigenvalue weighted by atomic mass is 19.4. The minimum Gasteiger partial charge on any atom is -0.352 e. The number of halogens is 3. The predicted molar refractivity (Wildman–Crippen MR) is 64.8 cm³/mol. The quantitative estimate of drug-likeness (QED) is 0.796. The molecule has 2 aliphatic rings. The average molecular weight is 293 g/mol. The zero-order valence-electron chi connectivity index (χ0n) is 11.2. The topological polar surface area (TPSA) is 52.7 Å². The number of carbonyl (C=O) groups is 2. The Morgan fingerprint density at radius 3 is 2.60 bits per heavy atom. The summed E-state index contributed by atoms with van der Waals surface area (Å²) in [6, 6.07) is -0.404. The Labute approximate surface area is 115 Å². The summed E-state index contributed by atoms with van der Waals surface area (Å²) in [6.07, 6.45) is -2.12. The second-order valence-corrected chi connectivity index (χ2v) is 5.44. The van der Waals surface area contributed by atoms with Gasteiger partial charge < -0.3 is 10.2 Å². The molecule has 1 atom stereocenters. The minimum absolute atomic E-state index is 0.0345. The summed E-state index contributed by atoms with van der Waals surface area (Å²) in [6.45, 7) is -1.10. The van der Waals surface area contributed by atoms with Crippen LogP contribution in [0, 0.1) is 0 Å². The lowest BCUT2D eigenvalue weighted by Crippen LogP contribution is -2.46. The van der Waals surface area contributed by atoms with Crippen molar-refractivity contribution in [2.75, 3.05) is 26.7 Å². The van der Waals surface area contributed by atoms with Crippen LogP contribution in [0.1, 0.15) is 19.3 Å². The molecule has 114 valence electrons. The first-order valence-electron chi connectivity index (χ1n) is 6.61. The van der Waals surface area contributed by atoms with Crippen LogP contribution < -0.4 is 5.32 Å². The van der Waals surface area contributed by atoms with E-state index in [0.717, 1.165) is 17.7 Å². The molecular formula is C12H18F3N3O2. The van der Waals surface area contributed by atoms with Crippen molar-refractivity contribution in [3.63, 3.8) is 0 Å². The number of hydrogen-bond donors (Lipinski definition) is 1. The van der Waals surface area contributed by atoms with Crippen LogP contribution in [0.15, 0.2) is 0 Å². The molecule has 1 heterocycles. The Balaban J connectivity index is 1.82. The van der Waals surface area contributed by atoms with Gasteiger partial charge >= 0.3 is 6.18 Å². The number of alkyl halides is 3. The lowest BCUT2D eigenvalue weighted by atomic mass is 10.2. The summed E-state index contributed by atoms with van der Waals surface area (Å²) in [5.41, 5.74) is 0. The van der Waals surface area contributed by atoms with Crippen LogP contribution >= 0.6 is 0 Å². The van der Waals surface area contributed by atoms with Crippen molar-refractivity contribution in [3.8, 4) is 0 Å². The Kier molecular flexibility index (Phi) is 4.22. The van der Waals surface area contributed by atoms with Crippen LogP contribution in [0.3, 0.4) is 0 Å². The van der Waals surface area contributed by atoms with Crippen LogP contribution in [-0.2, 0) is 9.59 Å². The highest BCUT2D eigenvalue weighted by Crippen LogP contribution is 2.23. The third kappa shape index (κ3) is 4.09. The van der Waals surface area contributed by atoms with Gasteiger partial charge in [0.2, 0.25) is 11.8 Å². The molecule has 1 N–H and O–H groups in total. The number of likely N-dealkylation sites (N-methyl/N-ethyl adjacent to an activating group) is 1. The molecule has 1 saturated carbocycles. The number of nitrogens with zero attached hydrogens (tertiary/aromatic N) is 2. The molecule has 0 aromatic rings. The molecule has 5 nitrogen and oxygen atoms in total. The highest BCUT2D eigenvalue weighted by Gasteiger charge is 2.41. The van der Waals surface area contributed by atoms with Gasteiger partial charge in [-0.15, -0.1) is 0 Å². The van der Waals surface area contributed by atoms with Crippen molar-refractivity contribution in [3.05, 3.63) is 0 Å². The van der Waals surface area contributed by atoms with Gasteiger partial charge in [-0.2, -0.15) is 13.2 Å². The van der Waals surface area contributed by atoms with Crippen LogP contribution in [0.2, 0.25) is 0 Å². The second-order valence-electron chi connectivity index (χ2n) is 5.44. The van der Waals surface area contributed by atoms with Crippen molar-refractivity contribution in [1.29, 1.82) is 0 Å². The molecule has 0 spiro atoms. The third-order valence-corrected chi connectivity index (χ3v) is 3.51. The first-order valence-corrected chi connectivity index (χ1v) is 6.61. The Bertz CT molecular complexity index is 396. The fraction of sp³-hybridized carbons (Fsp3) is 0.833. The lowest BCUT2D eigenvalue weighted by Gasteiger charge is -2.23. The molecule has 1 unspecified atom stereocenters. The van der Waals surface area contributed by atoms with Crippen molar-refractivity contribution >= 4 is 11.8 Å². The van der Waals surface area contributed by atoms with Crippen LogP contribution in [0.25, 0.3) is 0 Å². The summed E-state index contributed by atoms with van der Waals surface area (Å²) in [4.78, 5) is 25.8. The van der Waals surface area contributed by atoms with E-state index in [1.165, 1.54) is 4.90 Å². The SMILES string of the molecule is CN(CC(=O)NC1CC1)C1CCN(CC(F)(F)F)C1=O. The summed E-state index contributed by atoms with van der Waals surface area (Å²) >= 11 is 0. The van der Waals surface area contributed by atoms with Gasteiger partial charge in [-0.3, -0.25) is 14.5 Å². The molecule has 0 aromatic carbocycles. The van der Waals surface area contributed by atoms with E-state index in [-0.39, 0.29) is 25.0 Å². The number of nitrogens with one attached hydrogen (secondary N) is 1. The van der Waals surface area contributed by atoms with Gasteiger partial charge in [0.1, 0.15) is 6.54 Å². The molecule has 2 amide bonds. The maximum absolute atomic E-state index is 12.3. The van der Waals surface area contributed by atoms with E-state index in [4.69, 9.17) is 0 Å². The number of carbonyl (C=O) groups excluding carboxylic acids is 2. The molecule has 0 aromatic heterocycles. The fourth-order valence-electron chi connectivity index (χ4n) is 2.34. The van der Waals surface area contributed by atoms with Gasteiger partial charge in [-0.05, 0) is 26.3 Å². The molecule has 8 heteroatoms. The van der Waals surface area contributed by atoms with Crippen molar-refractivity contribution in [2.45, 2.75) is 37.5 Å². The standard InChI is InChI=1S/C12H18F3N3O2/c1-17(6-10(19)16-8-2-3-8)9-4-5-18(11(9)20)7-12(13,14)15/h8-9H,2-7H2,1H3,(H,16,19). The number of hydrogen-bond acceptors (Lipinski definition) is 3. The largest absolute Gasteiger partial charge is 0.406 e. The summed E-state index contributed by atoms with van der Waals surface area (Å²) < 4.78 is 36.9. The molecule has 1 aliphatic carbocycles. The normalized spacial score (nSPS) is 23.6. The van der Waals surface area contributed by atoms with Gasteiger partial charge in [-0.1, -0.05) is 0 Å². The number of amides is 2. The zero-order valence-corrected chi connectivity index (χ0v) is 11.2. The van der Waals surface area contributed by atoms with Crippen LogP contribution in [0.4, 0.5) is 13.2 Å². The molecule has 0 radical (unpaired) electrons. The monoisotopic (exact) mass is 293 g/mol. The molecule has 2 fully saturated rings. The Hall–Kier alpha value is -1.31. The number of likely N-dealkylation sites (tertiary alicyclic amines) is 1. The Morgan fingerprint density at radius 2 is 2.05 bits per heavy atom. The summed E-state index contributed by atoms with van der Waals surface area (Å²) in [5, 5.41) is 2.79. The first kappa shape index (κ1) is 15.1. The highest BCUT2D eigenvalue weighted by molar-refractivity contribution is 5.85. The van der Waals surface area contributed by atoms with Crippen molar-refractivity contribution < 1.29 is 22.8 Å². The van der Waals surface area contributed by atoms with E-state index in [1.54, 1.807) is 7.05 Å². The molecule has 1 aliphatic heterocycles. The maximum Gasteiger partial charge on any atom is 0.406 e. The van der Waals surface area contributed by atoms with Crippen molar-refractivity contribution in [1.82, 2.24) is 15.1 Å². The number of rotatable bonds is 5. The van der Waals surface area contributed by atoms with E-state index < -0.39 is 24.7 Å². The lowest BCUT2D eigenvalue weighted by molar-refractivity contribution is -0.159. The fourth-order valence-corrected chi connectivity index (χ4v) is 2.34. The van der Waals surface area contributed by atoms with Crippen LogP contribution in [0.5, 0.6) is 0 Å². The van der Waals surface area contributed by atoms with Gasteiger partial charge in [0, 0.05) is 12.6 Å². The van der Waals surface area contributed by atoms with Gasteiger partial charge in [-0.25, -0.2) is 0 Å². The van der Waals surface area contributed by atoms with Gasteiger partial charge in [0.25, 0.3) is 0 Å². The van der Waals surface area contributed by atoms with E-state index in [2.05, 4.69) is 5.32 Å². The molecule has 2 rings (SSSR count). The second kappa shape index (κ2) is 5.59. The predicted octanol–water partition coefficient (Wildman–Crippen LogP) is 0.360. The average Bonchev–Trinajstić information content (AvgIpc) is 3.02. The van der Waals surface area contributed by atoms with Gasteiger partial charge in [0.15, 0.2) is 0 Å². The molecule has 1 saturated heterocycles. The maximum atomic E-state index is 12.3. The molecule has 20 heavy (non-hydrogen) atoms. The summed E-state index contributed by atoms with van der Waals surface area (Å²) in [7, 11) is 1.59. The molecule has 0 bridgehead atoms. The van der Waals surface area contributed by atoms with E-state index in [0.29, 0.717) is 6.42 Å². The summed E-state index contributed by atoms with van der Waals surface area (Å²) in [5.74, 6) is -0.735. The zero-order chi connectivity index (χ0) is 14.9. The van der Waals surface area contributed by atoms with E-state index >= 15 is 0 Å². The Morgan fingerprint density at radius 1 is 1.40 bits per heavy atom. The third-order valence-electron chi connectivity index (χ3n) is 3.51. The van der Waals surface area contributed by atoms with Crippen LogP contribution in [-0.4, -0.2) is 66.6 Å². The van der Waals surface area contributed by atoms with Gasteiger partial charge in [0.05, 0.1) is 12.6 Å². The van der Waals surface area contributed by atoms with E-state index in [9.17, 15) is 22.8 Å². The van der Waals surface area contributed by atoms with E-state index in [1.807, 2.05) is 0 Å². The first-order chi connectivity index (χ1) is 9.26. The minimum atomic E-state index is -4.38. The smallest absolute Gasteiger partial charge is 0.352 e. The molecular weight excluding hydrogens is 275 g/mol.